The molecule has 2 aromatic rings. The van der Waals surface area contributed by atoms with E-state index in [2.05, 4.69) is 34.7 Å². The molecule has 0 aliphatic rings. The molecule has 1 aromatic carbocycles. The van der Waals surface area contributed by atoms with Crippen LogP contribution < -0.4 is 5.32 Å². The lowest BCUT2D eigenvalue weighted by molar-refractivity contribution is -0.143. The number of carbonyl (C=O) groups excluding carboxylic acids is 2. The van der Waals surface area contributed by atoms with Crippen LogP contribution in [-0.4, -0.2) is 39.6 Å². The maximum Gasteiger partial charge on any atom is 0.313 e. The lowest BCUT2D eigenvalue weighted by atomic mass is 10.0. The van der Waals surface area contributed by atoms with Crippen molar-refractivity contribution in [3.05, 3.63) is 47.8 Å². The number of nitrogens with zero attached hydrogens (tertiary/aromatic N) is 3. The van der Waals surface area contributed by atoms with Gasteiger partial charge in [-0.05, 0) is 25.3 Å². The Bertz CT molecular complexity index is 706. The minimum absolute atomic E-state index is 0.0279. The molecule has 0 bridgehead atoms. The van der Waals surface area contributed by atoms with Gasteiger partial charge in [0.2, 0.25) is 0 Å². The van der Waals surface area contributed by atoms with E-state index < -0.39 is 11.8 Å². The van der Waals surface area contributed by atoms with E-state index in [9.17, 15) is 9.59 Å². The first-order valence-corrected chi connectivity index (χ1v) is 8.03. The topological polar surface area (TPSA) is 67.2 Å². The van der Waals surface area contributed by atoms with Crippen molar-refractivity contribution < 1.29 is 9.59 Å². The van der Waals surface area contributed by atoms with Crippen LogP contribution in [-0.2, 0) is 23.1 Å². The Morgan fingerprint density at radius 2 is 1.96 bits per heavy atom. The van der Waals surface area contributed by atoms with Crippen LogP contribution in [0.25, 0.3) is 0 Å². The Labute approximate surface area is 142 Å². The van der Waals surface area contributed by atoms with Gasteiger partial charge in [0.15, 0.2) is 0 Å². The van der Waals surface area contributed by atoms with Crippen LogP contribution in [0.3, 0.4) is 0 Å². The fraction of sp³-hybridized carbons (Fsp3) is 0.389. The smallest absolute Gasteiger partial charge is 0.313 e. The summed E-state index contributed by atoms with van der Waals surface area (Å²) in [7, 11) is 3.42. The molecular formula is C18H24N4O2. The first-order chi connectivity index (χ1) is 11.4. The number of carbonyl (C=O) groups is 2. The summed E-state index contributed by atoms with van der Waals surface area (Å²) in [6, 6.07) is 8.20. The van der Waals surface area contributed by atoms with Crippen LogP contribution in [0.1, 0.15) is 24.5 Å². The minimum atomic E-state index is -0.646. The van der Waals surface area contributed by atoms with E-state index in [0.717, 1.165) is 18.4 Å². The van der Waals surface area contributed by atoms with Gasteiger partial charge < -0.3 is 10.2 Å². The summed E-state index contributed by atoms with van der Waals surface area (Å²) in [5, 5.41) is 6.55. The standard InChI is InChI=1S/C18H24N4O2/c1-5-16(10-14-8-6-13(2)7-9-14)22(4)18(24)17(23)20-15-11-19-21(3)12-15/h6-9,11-12,16H,5,10H2,1-4H3,(H,20,23)/t16-/m1/s1. The number of rotatable bonds is 5. The van der Waals surface area contributed by atoms with Crippen molar-refractivity contribution in [3.8, 4) is 0 Å². The Balaban J connectivity index is 2.00. The first-order valence-electron chi connectivity index (χ1n) is 8.03. The van der Waals surface area contributed by atoms with Gasteiger partial charge in [-0.25, -0.2) is 0 Å². The highest BCUT2D eigenvalue weighted by Gasteiger charge is 2.25. The molecule has 0 spiro atoms. The average Bonchev–Trinajstić information content (AvgIpc) is 2.97. The summed E-state index contributed by atoms with van der Waals surface area (Å²) in [5.74, 6) is -1.19. The molecule has 1 heterocycles. The van der Waals surface area contributed by atoms with Crippen LogP contribution in [0, 0.1) is 6.92 Å². The summed E-state index contributed by atoms with van der Waals surface area (Å²) in [4.78, 5) is 26.0. The number of likely N-dealkylation sites (N-methyl/N-ethyl adjacent to an activating group) is 1. The second kappa shape index (κ2) is 7.77. The quantitative estimate of drug-likeness (QED) is 0.855. The van der Waals surface area contributed by atoms with Gasteiger partial charge in [-0.3, -0.25) is 14.3 Å². The number of nitrogens with one attached hydrogen (secondary N) is 1. The van der Waals surface area contributed by atoms with Crippen LogP contribution in [0.2, 0.25) is 0 Å². The van der Waals surface area contributed by atoms with E-state index in [0.29, 0.717) is 5.69 Å². The number of aromatic nitrogens is 2. The summed E-state index contributed by atoms with van der Waals surface area (Å²) in [5.41, 5.74) is 2.86. The van der Waals surface area contributed by atoms with Crippen molar-refractivity contribution in [2.45, 2.75) is 32.7 Å². The lowest BCUT2D eigenvalue weighted by Gasteiger charge is -2.27. The Morgan fingerprint density at radius 1 is 1.29 bits per heavy atom. The zero-order valence-corrected chi connectivity index (χ0v) is 14.6. The van der Waals surface area contributed by atoms with E-state index >= 15 is 0 Å². The van der Waals surface area contributed by atoms with Gasteiger partial charge in [0.25, 0.3) is 0 Å². The van der Waals surface area contributed by atoms with E-state index in [-0.39, 0.29) is 6.04 Å². The molecule has 2 rings (SSSR count). The van der Waals surface area contributed by atoms with Crippen molar-refractivity contribution >= 4 is 17.5 Å². The molecule has 0 aliphatic carbocycles. The third-order valence-corrected chi connectivity index (χ3v) is 4.09. The van der Waals surface area contributed by atoms with E-state index in [1.54, 1.807) is 25.0 Å². The van der Waals surface area contributed by atoms with Crippen molar-refractivity contribution in [3.63, 3.8) is 0 Å². The molecule has 0 saturated heterocycles. The Morgan fingerprint density at radius 3 is 2.50 bits per heavy atom. The summed E-state index contributed by atoms with van der Waals surface area (Å²) < 4.78 is 1.57. The summed E-state index contributed by atoms with van der Waals surface area (Å²) in [6.07, 6.45) is 4.65. The fourth-order valence-electron chi connectivity index (χ4n) is 2.55. The molecule has 0 fully saturated rings. The first kappa shape index (κ1) is 17.7. The number of benzene rings is 1. The van der Waals surface area contributed by atoms with Gasteiger partial charge >= 0.3 is 11.8 Å². The molecule has 0 radical (unpaired) electrons. The molecule has 6 heteroatoms. The molecule has 0 aliphatic heterocycles. The number of anilines is 1. The maximum absolute atomic E-state index is 12.4. The van der Waals surface area contributed by atoms with E-state index in [4.69, 9.17) is 0 Å². The van der Waals surface area contributed by atoms with Crippen molar-refractivity contribution in [1.29, 1.82) is 0 Å². The molecule has 24 heavy (non-hydrogen) atoms. The Hall–Kier alpha value is -2.63. The lowest BCUT2D eigenvalue weighted by Crippen LogP contribution is -2.44. The van der Waals surface area contributed by atoms with Crippen LogP contribution in [0.5, 0.6) is 0 Å². The minimum Gasteiger partial charge on any atom is -0.334 e. The number of amides is 2. The Kier molecular flexibility index (Phi) is 5.73. The van der Waals surface area contributed by atoms with Crippen LogP contribution in [0.15, 0.2) is 36.7 Å². The van der Waals surface area contributed by atoms with Crippen molar-refractivity contribution in [1.82, 2.24) is 14.7 Å². The molecule has 128 valence electrons. The van der Waals surface area contributed by atoms with Gasteiger partial charge in [-0.2, -0.15) is 5.10 Å². The second-order valence-electron chi connectivity index (χ2n) is 6.02. The fourth-order valence-corrected chi connectivity index (χ4v) is 2.55. The predicted molar refractivity (Wildman–Crippen MR) is 93.6 cm³/mol. The highest BCUT2D eigenvalue weighted by Crippen LogP contribution is 2.13. The molecular weight excluding hydrogens is 304 g/mol. The van der Waals surface area contributed by atoms with Gasteiger partial charge in [-0.1, -0.05) is 36.8 Å². The number of hydrogen-bond donors (Lipinski definition) is 1. The zero-order valence-electron chi connectivity index (χ0n) is 14.6. The molecule has 1 N–H and O–H groups in total. The molecule has 0 saturated carbocycles. The summed E-state index contributed by atoms with van der Waals surface area (Å²) in [6.45, 7) is 4.06. The monoisotopic (exact) mass is 328 g/mol. The van der Waals surface area contributed by atoms with E-state index in [1.165, 1.54) is 16.7 Å². The molecule has 1 atom stereocenters. The van der Waals surface area contributed by atoms with Gasteiger partial charge in [0.05, 0.1) is 11.9 Å². The summed E-state index contributed by atoms with van der Waals surface area (Å²) >= 11 is 0. The molecule has 2 amide bonds. The van der Waals surface area contributed by atoms with Crippen molar-refractivity contribution in [2.24, 2.45) is 7.05 Å². The number of aryl methyl sites for hydroxylation is 2. The van der Waals surface area contributed by atoms with Crippen LogP contribution in [0.4, 0.5) is 5.69 Å². The zero-order chi connectivity index (χ0) is 17.7. The van der Waals surface area contributed by atoms with Gasteiger partial charge in [0, 0.05) is 26.3 Å². The highest BCUT2D eigenvalue weighted by molar-refractivity contribution is 6.39. The SMILES string of the molecule is CC[C@H](Cc1ccc(C)cc1)N(C)C(=O)C(=O)Nc1cnn(C)c1. The maximum atomic E-state index is 12.4. The van der Waals surface area contributed by atoms with Crippen LogP contribution >= 0.6 is 0 Å². The molecule has 1 aromatic heterocycles. The van der Waals surface area contributed by atoms with Gasteiger partial charge in [-0.15, -0.1) is 0 Å². The second-order valence-corrected chi connectivity index (χ2v) is 6.02. The number of hydrogen-bond acceptors (Lipinski definition) is 3. The van der Waals surface area contributed by atoms with Gasteiger partial charge in [0.1, 0.15) is 0 Å². The third-order valence-electron chi connectivity index (χ3n) is 4.09. The normalized spacial score (nSPS) is 11.8. The molecule has 6 nitrogen and oxygen atoms in total. The van der Waals surface area contributed by atoms with Crippen molar-refractivity contribution in [2.75, 3.05) is 12.4 Å². The highest BCUT2D eigenvalue weighted by atomic mass is 16.2. The third kappa shape index (κ3) is 4.44. The largest absolute Gasteiger partial charge is 0.334 e. The van der Waals surface area contributed by atoms with E-state index in [1.807, 2.05) is 13.8 Å². The molecule has 0 unspecified atom stereocenters. The average molecular weight is 328 g/mol. The predicted octanol–water partition coefficient (Wildman–Crippen LogP) is 2.15.